The van der Waals surface area contributed by atoms with E-state index in [-0.39, 0.29) is 17.5 Å². The van der Waals surface area contributed by atoms with Gasteiger partial charge in [0.2, 0.25) is 0 Å². The van der Waals surface area contributed by atoms with Crippen molar-refractivity contribution in [2.75, 3.05) is 7.11 Å². The van der Waals surface area contributed by atoms with Crippen LogP contribution in [0.15, 0.2) is 35.1 Å². The maximum atomic E-state index is 11.8. The summed E-state index contributed by atoms with van der Waals surface area (Å²) in [5.74, 6) is -1.50. The number of esters is 1. The van der Waals surface area contributed by atoms with Crippen LogP contribution in [0.4, 0.5) is 0 Å². The molecule has 20 heavy (non-hydrogen) atoms. The lowest BCUT2D eigenvalue weighted by Gasteiger charge is -2.02. The van der Waals surface area contributed by atoms with Gasteiger partial charge in [0, 0.05) is 11.8 Å². The molecule has 2 rings (SSSR count). The van der Waals surface area contributed by atoms with Crippen molar-refractivity contribution < 1.29 is 19.4 Å². The molecule has 0 aliphatic rings. The van der Waals surface area contributed by atoms with Gasteiger partial charge < -0.3 is 9.84 Å². The Morgan fingerprint density at radius 1 is 1.30 bits per heavy atom. The summed E-state index contributed by atoms with van der Waals surface area (Å²) in [6, 6.07) is 7.09. The van der Waals surface area contributed by atoms with Crippen molar-refractivity contribution in [3.05, 3.63) is 51.9 Å². The fraction of sp³-hybridized carbons (Fsp3) is 0.154. The van der Waals surface area contributed by atoms with Gasteiger partial charge in [-0.1, -0.05) is 0 Å². The van der Waals surface area contributed by atoms with Crippen LogP contribution in [0, 0.1) is 0 Å². The number of benzene rings is 1. The van der Waals surface area contributed by atoms with Gasteiger partial charge in [-0.2, -0.15) is 0 Å². The molecule has 0 unspecified atom stereocenters. The molecule has 0 spiro atoms. The van der Waals surface area contributed by atoms with E-state index in [1.54, 1.807) is 0 Å². The van der Waals surface area contributed by atoms with Crippen molar-refractivity contribution in [1.82, 2.24) is 9.78 Å². The van der Waals surface area contributed by atoms with Gasteiger partial charge in [-0.15, -0.1) is 0 Å². The summed E-state index contributed by atoms with van der Waals surface area (Å²) < 4.78 is 5.74. The highest BCUT2D eigenvalue weighted by molar-refractivity contribution is 5.87. The Kier molecular flexibility index (Phi) is 3.69. The molecule has 0 saturated heterocycles. The van der Waals surface area contributed by atoms with Gasteiger partial charge in [0.15, 0.2) is 0 Å². The number of carboxylic acid groups (broad SMARTS) is 1. The van der Waals surface area contributed by atoms with E-state index in [0.717, 1.165) is 0 Å². The lowest BCUT2D eigenvalue weighted by atomic mass is 10.2. The molecule has 0 aliphatic heterocycles. The van der Waals surface area contributed by atoms with Crippen molar-refractivity contribution in [2.45, 2.75) is 6.42 Å². The van der Waals surface area contributed by atoms with Crippen molar-refractivity contribution in [3.63, 3.8) is 0 Å². The van der Waals surface area contributed by atoms with Crippen LogP contribution in [0.5, 0.6) is 0 Å². The van der Waals surface area contributed by atoms with Crippen LogP contribution >= 0.6 is 0 Å². The first-order chi connectivity index (χ1) is 9.51. The van der Waals surface area contributed by atoms with Gasteiger partial charge in [0.25, 0.3) is 5.56 Å². The number of nitrogens with zero attached hydrogens (tertiary/aromatic N) is 1. The number of H-pyrrole nitrogens is 1. The smallest absolute Gasteiger partial charge is 0.335 e. The standard InChI is InChI=1S/C13H12N2O5/c1-20-12(17)7-9-6-11(16)15(14-9)10-4-2-8(3-5-10)13(18)19/h2-6,14H,7H2,1H3,(H,18,19). The van der Waals surface area contributed by atoms with Crippen LogP contribution in [0.1, 0.15) is 16.1 Å². The summed E-state index contributed by atoms with van der Waals surface area (Å²) in [6.45, 7) is 0. The Bertz CT molecular complexity index is 696. The largest absolute Gasteiger partial charge is 0.478 e. The molecule has 0 amide bonds. The average Bonchev–Trinajstić information content (AvgIpc) is 2.79. The number of hydrogen-bond acceptors (Lipinski definition) is 4. The topological polar surface area (TPSA) is 101 Å². The molecule has 0 atom stereocenters. The summed E-state index contributed by atoms with van der Waals surface area (Å²) in [5, 5.41) is 11.6. The normalized spacial score (nSPS) is 10.2. The quantitative estimate of drug-likeness (QED) is 0.795. The highest BCUT2D eigenvalue weighted by Gasteiger charge is 2.10. The summed E-state index contributed by atoms with van der Waals surface area (Å²) in [7, 11) is 1.27. The van der Waals surface area contributed by atoms with Crippen LogP contribution in [0.25, 0.3) is 5.69 Å². The highest BCUT2D eigenvalue weighted by atomic mass is 16.5. The number of aromatic amines is 1. The van der Waals surface area contributed by atoms with Crippen LogP contribution in [-0.4, -0.2) is 33.9 Å². The average molecular weight is 276 g/mol. The SMILES string of the molecule is COC(=O)Cc1cc(=O)n(-c2ccc(C(=O)O)cc2)[nH]1. The van der Waals surface area contributed by atoms with E-state index >= 15 is 0 Å². The Balaban J connectivity index is 2.31. The van der Waals surface area contributed by atoms with Crippen molar-refractivity contribution >= 4 is 11.9 Å². The lowest BCUT2D eigenvalue weighted by molar-refractivity contribution is -0.139. The monoisotopic (exact) mass is 276 g/mol. The number of aromatic nitrogens is 2. The van der Waals surface area contributed by atoms with Crippen LogP contribution in [0.2, 0.25) is 0 Å². The molecule has 7 nitrogen and oxygen atoms in total. The number of aromatic carboxylic acids is 1. The lowest BCUT2D eigenvalue weighted by Crippen LogP contribution is -2.13. The zero-order chi connectivity index (χ0) is 14.7. The third-order valence-electron chi connectivity index (χ3n) is 2.71. The highest BCUT2D eigenvalue weighted by Crippen LogP contribution is 2.08. The maximum Gasteiger partial charge on any atom is 0.335 e. The number of nitrogens with one attached hydrogen (secondary N) is 1. The van der Waals surface area contributed by atoms with Crippen LogP contribution in [0.3, 0.4) is 0 Å². The number of carboxylic acids is 1. The number of methoxy groups -OCH3 is 1. The van der Waals surface area contributed by atoms with Crippen molar-refractivity contribution in [3.8, 4) is 5.69 Å². The predicted molar refractivity (Wildman–Crippen MR) is 69.1 cm³/mol. The minimum atomic E-state index is -1.04. The Morgan fingerprint density at radius 3 is 2.50 bits per heavy atom. The van der Waals surface area contributed by atoms with Crippen LogP contribution in [-0.2, 0) is 16.0 Å². The third kappa shape index (κ3) is 2.77. The molecule has 1 heterocycles. The molecule has 2 N–H and O–H groups in total. The first-order valence-electron chi connectivity index (χ1n) is 5.72. The first kappa shape index (κ1) is 13.6. The second-order valence-electron chi connectivity index (χ2n) is 4.06. The predicted octanol–water partition coefficient (Wildman–Crippen LogP) is 0.579. The van der Waals surface area contributed by atoms with E-state index in [9.17, 15) is 14.4 Å². The summed E-state index contributed by atoms with van der Waals surface area (Å²) in [4.78, 5) is 33.7. The molecule has 0 saturated carbocycles. The zero-order valence-corrected chi connectivity index (χ0v) is 10.6. The molecule has 2 aromatic rings. The van der Waals surface area contributed by atoms with E-state index in [1.165, 1.54) is 42.1 Å². The molecule has 1 aromatic heterocycles. The molecular weight excluding hydrogens is 264 g/mol. The Hall–Kier alpha value is -2.83. The van der Waals surface area contributed by atoms with E-state index in [4.69, 9.17) is 5.11 Å². The second kappa shape index (κ2) is 5.43. The number of carbonyl (C=O) groups is 2. The van der Waals surface area contributed by atoms with Crippen molar-refractivity contribution in [2.24, 2.45) is 0 Å². The molecule has 104 valence electrons. The number of ether oxygens (including phenoxy) is 1. The number of carbonyl (C=O) groups excluding carboxylic acids is 1. The van der Waals surface area contributed by atoms with E-state index in [0.29, 0.717) is 11.4 Å². The molecular formula is C13H12N2O5. The molecule has 0 bridgehead atoms. The summed E-state index contributed by atoms with van der Waals surface area (Å²) in [6.07, 6.45) is -0.0358. The molecule has 0 radical (unpaired) electrons. The first-order valence-corrected chi connectivity index (χ1v) is 5.72. The Labute approximate surface area is 113 Å². The molecule has 0 fully saturated rings. The molecule has 0 aliphatic carbocycles. The number of rotatable bonds is 4. The summed E-state index contributed by atoms with van der Waals surface area (Å²) >= 11 is 0. The van der Waals surface area contributed by atoms with Gasteiger partial charge in [0.05, 0.1) is 24.8 Å². The van der Waals surface area contributed by atoms with Gasteiger partial charge in [0.1, 0.15) is 0 Å². The fourth-order valence-corrected chi connectivity index (χ4v) is 1.71. The van der Waals surface area contributed by atoms with Crippen molar-refractivity contribution in [1.29, 1.82) is 0 Å². The van der Waals surface area contributed by atoms with Gasteiger partial charge in [-0.25, -0.2) is 9.48 Å². The second-order valence-corrected chi connectivity index (χ2v) is 4.06. The Morgan fingerprint density at radius 2 is 1.95 bits per heavy atom. The maximum absolute atomic E-state index is 11.8. The van der Waals surface area contributed by atoms with E-state index < -0.39 is 11.9 Å². The molecule has 1 aromatic carbocycles. The third-order valence-corrected chi connectivity index (χ3v) is 2.71. The van der Waals surface area contributed by atoms with E-state index in [2.05, 4.69) is 9.84 Å². The van der Waals surface area contributed by atoms with E-state index in [1.807, 2.05) is 0 Å². The van der Waals surface area contributed by atoms with Gasteiger partial charge >= 0.3 is 11.9 Å². The minimum absolute atomic E-state index is 0.0358. The van der Waals surface area contributed by atoms with Crippen LogP contribution < -0.4 is 5.56 Å². The zero-order valence-electron chi connectivity index (χ0n) is 10.6. The molecule has 7 heteroatoms. The minimum Gasteiger partial charge on any atom is -0.478 e. The van der Waals surface area contributed by atoms with Gasteiger partial charge in [-0.05, 0) is 24.3 Å². The van der Waals surface area contributed by atoms with Gasteiger partial charge in [-0.3, -0.25) is 14.7 Å². The fourth-order valence-electron chi connectivity index (χ4n) is 1.71. The number of hydrogen-bond donors (Lipinski definition) is 2. The summed E-state index contributed by atoms with van der Waals surface area (Å²) in [5.41, 5.74) is 0.690.